The van der Waals surface area contributed by atoms with Gasteiger partial charge in [0.1, 0.15) is 5.75 Å². The second kappa shape index (κ2) is 4.74. The van der Waals surface area contributed by atoms with Crippen LogP contribution in [0.25, 0.3) is 5.69 Å². The van der Waals surface area contributed by atoms with Gasteiger partial charge in [0, 0.05) is 23.6 Å². The molecule has 2 N–H and O–H groups in total. The maximum Gasteiger partial charge on any atom is 0.119 e. The van der Waals surface area contributed by atoms with E-state index < -0.39 is 0 Å². The topological polar surface area (TPSA) is 40.2 Å². The van der Waals surface area contributed by atoms with Crippen molar-refractivity contribution < 1.29 is 4.74 Å². The van der Waals surface area contributed by atoms with Crippen molar-refractivity contribution >= 4 is 0 Å². The van der Waals surface area contributed by atoms with Crippen LogP contribution in [0.5, 0.6) is 5.75 Å². The molecule has 0 saturated carbocycles. The van der Waals surface area contributed by atoms with Crippen LogP contribution in [0.4, 0.5) is 0 Å². The SMILES string of the molecule is COc1ccc(-n2ccc3c2CCCC3N)c(C)c1. The number of aromatic nitrogens is 1. The number of rotatable bonds is 2. The van der Waals surface area contributed by atoms with E-state index in [1.807, 2.05) is 6.07 Å². The van der Waals surface area contributed by atoms with Gasteiger partial charge in [0.15, 0.2) is 0 Å². The molecular weight excluding hydrogens is 236 g/mol. The molecule has 1 unspecified atom stereocenters. The molecule has 0 amide bonds. The molecule has 1 aromatic carbocycles. The molecule has 1 aromatic heterocycles. The Bertz CT molecular complexity index is 601. The van der Waals surface area contributed by atoms with Crippen LogP contribution >= 0.6 is 0 Å². The second-order valence-corrected chi connectivity index (χ2v) is 5.24. The Morgan fingerprint density at radius 1 is 1.32 bits per heavy atom. The van der Waals surface area contributed by atoms with Crippen molar-refractivity contribution in [1.29, 1.82) is 0 Å². The molecule has 0 bridgehead atoms. The van der Waals surface area contributed by atoms with Crippen LogP contribution in [0.3, 0.4) is 0 Å². The van der Waals surface area contributed by atoms with Gasteiger partial charge in [-0.3, -0.25) is 0 Å². The fraction of sp³-hybridized carbons (Fsp3) is 0.375. The zero-order chi connectivity index (χ0) is 13.4. The number of benzene rings is 1. The van der Waals surface area contributed by atoms with E-state index in [9.17, 15) is 0 Å². The summed E-state index contributed by atoms with van der Waals surface area (Å²) in [6.07, 6.45) is 5.53. The Hall–Kier alpha value is -1.74. The molecule has 3 nitrogen and oxygen atoms in total. The molecule has 0 aliphatic heterocycles. The third-order valence-corrected chi connectivity index (χ3v) is 4.02. The van der Waals surface area contributed by atoms with Crippen LogP contribution in [-0.2, 0) is 6.42 Å². The summed E-state index contributed by atoms with van der Waals surface area (Å²) in [6, 6.07) is 8.57. The van der Waals surface area contributed by atoms with Crippen molar-refractivity contribution in [2.24, 2.45) is 5.73 Å². The van der Waals surface area contributed by atoms with E-state index in [-0.39, 0.29) is 6.04 Å². The Labute approximate surface area is 114 Å². The van der Waals surface area contributed by atoms with Crippen LogP contribution in [-0.4, -0.2) is 11.7 Å². The normalized spacial score (nSPS) is 18.2. The zero-order valence-corrected chi connectivity index (χ0v) is 11.5. The lowest BCUT2D eigenvalue weighted by atomic mass is 9.93. The van der Waals surface area contributed by atoms with Crippen molar-refractivity contribution in [2.75, 3.05) is 7.11 Å². The summed E-state index contributed by atoms with van der Waals surface area (Å²) in [4.78, 5) is 0. The minimum atomic E-state index is 0.198. The maximum atomic E-state index is 6.19. The molecule has 2 aromatic rings. The summed E-state index contributed by atoms with van der Waals surface area (Å²) < 4.78 is 7.55. The van der Waals surface area contributed by atoms with Crippen LogP contribution in [0.2, 0.25) is 0 Å². The van der Waals surface area contributed by atoms with Gasteiger partial charge in [0.2, 0.25) is 0 Å². The van der Waals surface area contributed by atoms with Gasteiger partial charge in [0.25, 0.3) is 0 Å². The summed E-state index contributed by atoms with van der Waals surface area (Å²) in [5, 5.41) is 0. The van der Waals surface area contributed by atoms with Gasteiger partial charge in [0.05, 0.1) is 7.11 Å². The predicted octanol–water partition coefficient (Wildman–Crippen LogP) is 3.13. The highest BCUT2D eigenvalue weighted by molar-refractivity contribution is 5.48. The number of hydrogen-bond acceptors (Lipinski definition) is 2. The standard InChI is InChI=1S/C16H20N2O/c1-11-10-12(19-2)6-7-15(11)18-9-8-13-14(17)4-3-5-16(13)18/h6-10,14H,3-5,17H2,1-2H3. The summed E-state index contributed by atoms with van der Waals surface area (Å²) >= 11 is 0. The average Bonchev–Trinajstić information content (AvgIpc) is 2.84. The molecule has 19 heavy (non-hydrogen) atoms. The minimum absolute atomic E-state index is 0.198. The average molecular weight is 256 g/mol. The van der Waals surface area contributed by atoms with Crippen LogP contribution in [0, 0.1) is 6.92 Å². The first-order valence-electron chi connectivity index (χ1n) is 6.81. The fourth-order valence-electron chi connectivity index (χ4n) is 2.98. The fourth-order valence-corrected chi connectivity index (χ4v) is 2.98. The van der Waals surface area contributed by atoms with E-state index in [1.165, 1.54) is 28.9 Å². The smallest absolute Gasteiger partial charge is 0.119 e. The highest BCUT2D eigenvalue weighted by atomic mass is 16.5. The van der Waals surface area contributed by atoms with Gasteiger partial charge in [-0.15, -0.1) is 0 Å². The lowest BCUT2D eigenvalue weighted by molar-refractivity contribution is 0.414. The third-order valence-electron chi connectivity index (χ3n) is 4.02. The second-order valence-electron chi connectivity index (χ2n) is 5.24. The Morgan fingerprint density at radius 3 is 2.89 bits per heavy atom. The van der Waals surface area contributed by atoms with E-state index in [1.54, 1.807) is 7.11 Å². The number of ether oxygens (including phenoxy) is 1. The largest absolute Gasteiger partial charge is 0.497 e. The molecule has 0 saturated heterocycles. The van der Waals surface area contributed by atoms with Crippen molar-refractivity contribution in [2.45, 2.75) is 32.2 Å². The molecule has 1 heterocycles. The molecule has 0 spiro atoms. The van der Waals surface area contributed by atoms with Crippen molar-refractivity contribution in [3.63, 3.8) is 0 Å². The Morgan fingerprint density at radius 2 is 2.16 bits per heavy atom. The van der Waals surface area contributed by atoms with Gasteiger partial charge in [-0.25, -0.2) is 0 Å². The molecule has 1 aliphatic carbocycles. The van der Waals surface area contributed by atoms with Gasteiger partial charge in [-0.2, -0.15) is 0 Å². The highest BCUT2D eigenvalue weighted by Gasteiger charge is 2.21. The first kappa shape index (κ1) is 12.3. The van der Waals surface area contributed by atoms with E-state index >= 15 is 0 Å². The maximum absolute atomic E-state index is 6.19. The number of fused-ring (bicyclic) bond motifs is 1. The molecule has 1 atom stereocenters. The molecular formula is C16H20N2O. The molecule has 0 radical (unpaired) electrons. The number of nitrogens with zero attached hydrogens (tertiary/aromatic N) is 1. The lowest BCUT2D eigenvalue weighted by Gasteiger charge is -2.21. The summed E-state index contributed by atoms with van der Waals surface area (Å²) in [5.74, 6) is 0.902. The van der Waals surface area contributed by atoms with Crippen LogP contribution in [0.15, 0.2) is 30.5 Å². The number of aryl methyl sites for hydroxylation is 1. The first-order valence-corrected chi connectivity index (χ1v) is 6.81. The lowest BCUT2D eigenvalue weighted by Crippen LogP contribution is -2.18. The van der Waals surface area contributed by atoms with E-state index in [2.05, 4.69) is 35.9 Å². The molecule has 0 fully saturated rings. The Balaban J connectivity index is 2.08. The van der Waals surface area contributed by atoms with Crippen LogP contribution < -0.4 is 10.5 Å². The first-order chi connectivity index (χ1) is 9.20. The van der Waals surface area contributed by atoms with Crippen molar-refractivity contribution in [3.8, 4) is 11.4 Å². The third kappa shape index (κ3) is 2.04. The number of nitrogens with two attached hydrogens (primary N) is 1. The van der Waals surface area contributed by atoms with Crippen LogP contribution in [0.1, 0.15) is 35.7 Å². The molecule has 100 valence electrons. The minimum Gasteiger partial charge on any atom is -0.497 e. The van der Waals surface area contributed by atoms with Gasteiger partial charge in [-0.05, 0) is 61.6 Å². The number of hydrogen-bond donors (Lipinski definition) is 1. The van der Waals surface area contributed by atoms with Gasteiger partial charge < -0.3 is 15.0 Å². The summed E-state index contributed by atoms with van der Waals surface area (Å²) in [6.45, 7) is 2.12. The van der Waals surface area contributed by atoms with Crippen molar-refractivity contribution in [1.82, 2.24) is 4.57 Å². The predicted molar refractivity (Wildman–Crippen MR) is 76.9 cm³/mol. The molecule has 3 rings (SSSR count). The van der Waals surface area contributed by atoms with E-state index in [0.717, 1.165) is 18.6 Å². The van der Waals surface area contributed by atoms with E-state index in [4.69, 9.17) is 10.5 Å². The van der Waals surface area contributed by atoms with Gasteiger partial charge in [-0.1, -0.05) is 0 Å². The Kier molecular flexibility index (Phi) is 3.07. The summed E-state index contributed by atoms with van der Waals surface area (Å²) in [7, 11) is 1.70. The summed E-state index contributed by atoms with van der Waals surface area (Å²) in [5.41, 5.74) is 11.3. The number of methoxy groups -OCH3 is 1. The highest BCUT2D eigenvalue weighted by Crippen LogP contribution is 2.32. The van der Waals surface area contributed by atoms with Crippen molar-refractivity contribution in [3.05, 3.63) is 47.3 Å². The molecule has 3 heteroatoms. The monoisotopic (exact) mass is 256 g/mol. The van der Waals surface area contributed by atoms with E-state index in [0.29, 0.717) is 0 Å². The zero-order valence-electron chi connectivity index (χ0n) is 11.5. The van der Waals surface area contributed by atoms with Gasteiger partial charge >= 0.3 is 0 Å². The quantitative estimate of drug-likeness (QED) is 0.896. The molecule has 1 aliphatic rings.